The van der Waals surface area contributed by atoms with Crippen LogP contribution in [-0.4, -0.2) is 24.3 Å². The molecular weight excluding hydrogens is 250 g/mol. The minimum absolute atomic E-state index is 0.0806. The lowest BCUT2D eigenvalue weighted by Gasteiger charge is -2.16. The third-order valence-corrected chi connectivity index (χ3v) is 3.38. The van der Waals surface area contributed by atoms with Crippen molar-refractivity contribution in [3.8, 4) is 6.07 Å². The predicted octanol–water partition coefficient (Wildman–Crippen LogP) is 1.28. The summed E-state index contributed by atoms with van der Waals surface area (Å²) in [6.07, 6.45) is 3.26. The van der Waals surface area contributed by atoms with Crippen molar-refractivity contribution in [1.29, 1.82) is 5.26 Å². The molecule has 1 rings (SSSR count). The van der Waals surface area contributed by atoms with Crippen molar-refractivity contribution in [2.75, 3.05) is 6.54 Å². The molecule has 0 fully saturated rings. The van der Waals surface area contributed by atoms with Crippen molar-refractivity contribution >= 4 is 19.9 Å². The molecule has 86 valence electrons. The molecule has 0 aliphatic heterocycles. The van der Waals surface area contributed by atoms with Crippen molar-refractivity contribution in [3.63, 3.8) is 0 Å². The van der Waals surface area contributed by atoms with Crippen molar-refractivity contribution in [3.05, 3.63) is 30.1 Å². The summed E-state index contributed by atoms with van der Waals surface area (Å²) in [5, 5.41) is 8.42. The fourth-order valence-corrected chi connectivity index (χ4v) is 2.10. The number of nitriles is 1. The molecule has 0 N–H and O–H groups in total. The van der Waals surface area contributed by atoms with E-state index in [1.807, 2.05) is 6.07 Å². The van der Waals surface area contributed by atoms with Crippen LogP contribution in [0.25, 0.3) is 0 Å². The number of pyridine rings is 1. The molecule has 0 saturated heterocycles. The molecule has 0 amide bonds. The Morgan fingerprint density at radius 3 is 2.81 bits per heavy atom. The topological polar surface area (TPSA) is 74.1 Å². The molecule has 0 saturated carbocycles. The SMILES string of the molecule is N#CCCN(Cc1cccnc1)S(=O)(=O)Cl. The van der Waals surface area contributed by atoms with Gasteiger partial charge in [-0.3, -0.25) is 4.98 Å². The zero-order chi connectivity index (χ0) is 12.0. The Kier molecular flexibility index (Phi) is 4.68. The van der Waals surface area contributed by atoms with Gasteiger partial charge in [-0.25, -0.2) is 0 Å². The van der Waals surface area contributed by atoms with E-state index in [9.17, 15) is 8.42 Å². The molecule has 7 heteroatoms. The Balaban J connectivity index is 2.76. The van der Waals surface area contributed by atoms with Crippen molar-refractivity contribution in [2.24, 2.45) is 0 Å². The van der Waals surface area contributed by atoms with Crippen molar-refractivity contribution in [2.45, 2.75) is 13.0 Å². The summed E-state index contributed by atoms with van der Waals surface area (Å²) in [5.74, 6) is 0. The second-order valence-electron chi connectivity index (χ2n) is 3.05. The Morgan fingerprint density at radius 1 is 1.56 bits per heavy atom. The molecule has 0 spiro atoms. The van der Waals surface area contributed by atoms with E-state index in [2.05, 4.69) is 4.98 Å². The minimum Gasteiger partial charge on any atom is -0.264 e. The fraction of sp³-hybridized carbons (Fsp3) is 0.333. The van der Waals surface area contributed by atoms with E-state index in [1.54, 1.807) is 24.5 Å². The lowest BCUT2D eigenvalue weighted by atomic mass is 10.3. The van der Waals surface area contributed by atoms with E-state index in [-0.39, 0.29) is 19.5 Å². The van der Waals surface area contributed by atoms with Gasteiger partial charge in [0.25, 0.3) is 9.24 Å². The molecule has 0 atom stereocenters. The van der Waals surface area contributed by atoms with Gasteiger partial charge in [0.1, 0.15) is 0 Å². The van der Waals surface area contributed by atoms with Crippen LogP contribution < -0.4 is 0 Å². The highest BCUT2D eigenvalue weighted by Gasteiger charge is 2.18. The van der Waals surface area contributed by atoms with E-state index in [1.165, 1.54) is 0 Å². The third-order valence-electron chi connectivity index (χ3n) is 1.86. The second-order valence-corrected chi connectivity index (χ2v) is 5.56. The van der Waals surface area contributed by atoms with Gasteiger partial charge in [0.15, 0.2) is 0 Å². The van der Waals surface area contributed by atoms with Gasteiger partial charge >= 0.3 is 0 Å². The largest absolute Gasteiger partial charge is 0.300 e. The lowest BCUT2D eigenvalue weighted by molar-refractivity contribution is 0.423. The summed E-state index contributed by atoms with van der Waals surface area (Å²) in [6.45, 7) is 0.207. The maximum atomic E-state index is 11.2. The fourth-order valence-electron chi connectivity index (χ4n) is 1.14. The summed E-state index contributed by atoms with van der Waals surface area (Å²) in [6, 6.07) is 5.33. The standard InChI is InChI=1S/C9H10ClN3O2S/c10-16(14,15)13(6-2-4-11)8-9-3-1-5-12-7-9/h1,3,5,7H,2,6,8H2. The van der Waals surface area contributed by atoms with Crippen LogP contribution in [0, 0.1) is 11.3 Å². The molecule has 1 aromatic heterocycles. The first-order valence-electron chi connectivity index (χ1n) is 4.49. The maximum Gasteiger partial charge on any atom is 0.300 e. The van der Waals surface area contributed by atoms with Gasteiger partial charge in [-0.15, -0.1) is 0 Å². The van der Waals surface area contributed by atoms with Gasteiger partial charge in [0, 0.05) is 42.6 Å². The summed E-state index contributed by atoms with van der Waals surface area (Å²) >= 11 is 0. The first-order valence-corrected chi connectivity index (χ1v) is 6.76. The molecular formula is C9H10ClN3O2S. The predicted molar refractivity (Wildman–Crippen MR) is 59.6 cm³/mol. The zero-order valence-electron chi connectivity index (χ0n) is 8.38. The highest BCUT2D eigenvalue weighted by atomic mass is 35.7. The van der Waals surface area contributed by atoms with Crippen LogP contribution in [0.15, 0.2) is 24.5 Å². The number of aromatic nitrogens is 1. The summed E-state index contributed by atoms with van der Waals surface area (Å²) in [7, 11) is 1.44. The highest BCUT2D eigenvalue weighted by Crippen LogP contribution is 2.12. The van der Waals surface area contributed by atoms with Gasteiger partial charge in [0.05, 0.1) is 6.07 Å². The molecule has 1 aromatic rings. The average molecular weight is 260 g/mol. The Hall–Kier alpha value is -1.16. The zero-order valence-corrected chi connectivity index (χ0v) is 9.95. The van der Waals surface area contributed by atoms with E-state index in [0.29, 0.717) is 0 Å². The van der Waals surface area contributed by atoms with E-state index in [4.69, 9.17) is 15.9 Å². The molecule has 0 aromatic carbocycles. The monoisotopic (exact) mass is 259 g/mol. The van der Waals surface area contributed by atoms with E-state index in [0.717, 1.165) is 9.87 Å². The smallest absolute Gasteiger partial charge is 0.264 e. The average Bonchev–Trinajstić information content (AvgIpc) is 2.24. The van der Waals surface area contributed by atoms with Crippen LogP contribution in [0.1, 0.15) is 12.0 Å². The van der Waals surface area contributed by atoms with Crippen molar-refractivity contribution < 1.29 is 8.42 Å². The van der Waals surface area contributed by atoms with Gasteiger partial charge in [0.2, 0.25) is 0 Å². The van der Waals surface area contributed by atoms with E-state index < -0.39 is 9.24 Å². The van der Waals surface area contributed by atoms with Gasteiger partial charge in [-0.1, -0.05) is 6.07 Å². The Bertz CT molecular complexity index is 469. The number of rotatable bonds is 5. The molecule has 0 aliphatic carbocycles. The van der Waals surface area contributed by atoms with Crippen LogP contribution in [0.4, 0.5) is 0 Å². The highest BCUT2D eigenvalue weighted by molar-refractivity contribution is 8.11. The molecule has 0 unspecified atom stereocenters. The second kappa shape index (κ2) is 5.80. The molecule has 0 aliphatic rings. The molecule has 0 radical (unpaired) electrons. The van der Waals surface area contributed by atoms with Crippen LogP contribution >= 0.6 is 10.7 Å². The van der Waals surface area contributed by atoms with Gasteiger partial charge < -0.3 is 0 Å². The summed E-state index contributed by atoms with van der Waals surface area (Å²) < 4.78 is 23.4. The number of nitrogens with zero attached hydrogens (tertiary/aromatic N) is 3. The Morgan fingerprint density at radius 2 is 2.31 bits per heavy atom. The van der Waals surface area contributed by atoms with Gasteiger partial charge in [-0.2, -0.15) is 18.0 Å². The normalized spacial score (nSPS) is 11.3. The molecule has 1 heterocycles. The maximum absolute atomic E-state index is 11.2. The molecule has 16 heavy (non-hydrogen) atoms. The Labute approximate surface area is 98.8 Å². The quantitative estimate of drug-likeness (QED) is 0.747. The molecule has 0 bridgehead atoms. The number of halogens is 1. The lowest BCUT2D eigenvalue weighted by Crippen LogP contribution is -2.27. The van der Waals surface area contributed by atoms with Gasteiger partial charge in [-0.05, 0) is 11.6 Å². The van der Waals surface area contributed by atoms with Crippen LogP contribution in [0.3, 0.4) is 0 Å². The third kappa shape index (κ3) is 4.14. The number of hydrogen-bond acceptors (Lipinski definition) is 4. The summed E-state index contributed by atoms with van der Waals surface area (Å²) in [5.41, 5.74) is 0.727. The van der Waals surface area contributed by atoms with Crippen LogP contribution in [0.5, 0.6) is 0 Å². The molecule has 5 nitrogen and oxygen atoms in total. The minimum atomic E-state index is -3.81. The first kappa shape index (κ1) is 12.9. The van der Waals surface area contributed by atoms with E-state index >= 15 is 0 Å². The van der Waals surface area contributed by atoms with Crippen LogP contribution in [-0.2, 0) is 15.8 Å². The number of hydrogen-bond donors (Lipinski definition) is 0. The summed E-state index contributed by atoms with van der Waals surface area (Å²) in [4.78, 5) is 3.87. The first-order chi connectivity index (χ1) is 7.54. The van der Waals surface area contributed by atoms with Crippen molar-refractivity contribution in [1.82, 2.24) is 9.29 Å². The van der Waals surface area contributed by atoms with Crippen LogP contribution in [0.2, 0.25) is 0 Å².